The Bertz CT molecular complexity index is 1230. The zero-order valence-electron chi connectivity index (χ0n) is 20.9. The van der Waals surface area contributed by atoms with Gasteiger partial charge in [0.2, 0.25) is 11.7 Å². The summed E-state index contributed by atoms with van der Waals surface area (Å²) in [5.74, 6) is 1.53. The maximum absolute atomic E-state index is 13.4. The smallest absolute Gasteiger partial charge is 0.255 e. The van der Waals surface area contributed by atoms with Gasteiger partial charge in [-0.05, 0) is 48.4 Å². The van der Waals surface area contributed by atoms with Gasteiger partial charge in [-0.2, -0.15) is 0 Å². The Morgan fingerprint density at radius 1 is 0.944 bits per heavy atom. The van der Waals surface area contributed by atoms with Gasteiger partial charge in [-0.25, -0.2) is 0 Å². The Labute approximate surface area is 210 Å². The Balaban J connectivity index is 1.71. The van der Waals surface area contributed by atoms with Crippen LogP contribution in [0.1, 0.15) is 40.9 Å². The van der Waals surface area contributed by atoms with Crippen molar-refractivity contribution in [3.8, 4) is 23.0 Å². The van der Waals surface area contributed by atoms with Crippen molar-refractivity contribution in [2.45, 2.75) is 25.9 Å². The van der Waals surface area contributed by atoms with Crippen molar-refractivity contribution in [1.29, 1.82) is 0 Å². The molecule has 1 aliphatic rings. The van der Waals surface area contributed by atoms with Gasteiger partial charge in [0, 0.05) is 12.1 Å². The number of nitrogens with zero attached hydrogens (tertiary/aromatic N) is 1. The molecule has 1 atom stereocenters. The molecule has 0 spiro atoms. The van der Waals surface area contributed by atoms with Crippen molar-refractivity contribution in [2.24, 2.45) is 0 Å². The lowest BCUT2D eigenvalue weighted by Gasteiger charge is -2.29. The molecule has 1 aliphatic heterocycles. The topological polar surface area (TPSA) is 86.3 Å². The van der Waals surface area contributed by atoms with Gasteiger partial charge in [0.15, 0.2) is 11.5 Å². The molecule has 8 heteroatoms. The molecular weight excluding hydrogens is 460 g/mol. The zero-order chi connectivity index (χ0) is 25.7. The lowest BCUT2D eigenvalue weighted by atomic mass is 10.00. The number of amides is 2. The number of hydrogen-bond donors (Lipinski definition) is 1. The molecule has 0 aromatic heterocycles. The fourth-order valence-electron chi connectivity index (χ4n) is 4.46. The van der Waals surface area contributed by atoms with Crippen LogP contribution < -0.4 is 24.3 Å². The molecule has 2 amide bonds. The molecule has 3 aromatic rings. The third kappa shape index (κ3) is 4.93. The number of fused-ring (bicyclic) bond motifs is 1. The van der Waals surface area contributed by atoms with Gasteiger partial charge in [-0.15, -0.1) is 0 Å². The molecule has 0 aliphatic carbocycles. The number of ether oxygens (including phenoxy) is 4. The number of methoxy groups -OCH3 is 3. The number of nitrogens with one attached hydrogen (secondary N) is 1. The number of hydrogen-bond acceptors (Lipinski definition) is 6. The van der Waals surface area contributed by atoms with Crippen LogP contribution in [0.3, 0.4) is 0 Å². The molecule has 3 aromatic carbocycles. The van der Waals surface area contributed by atoms with Gasteiger partial charge in [0.05, 0.1) is 46.1 Å². The number of anilines is 1. The number of benzene rings is 3. The number of para-hydroxylation sites is 2. The van der Waals surface area contributed by atoms with Crippen molar-refractivity contribution in [3.05, 3.63) is 77.4 Å². The first kappa shape index (κ1) is 24.9. The monoisotopic (exact) mass is 490 g/mol. The van der Waals surface area contributed by atoms with Crippen molar-refractivity contribution < 1.29 is 28.5 Å². The van der Waals surface area contributed by atoms with Crippen LogP contribution in [0.15, 0.2) is 60.7 Å². The minimum absolute atomic E-state index is 0.0127. The summed E-state index contributed by atoms with van der Waals surface area (Å²) in [6.07, 6.45) is 0.0127. The summed E-state index contributed by atoms with van der Waals surface area (Å²) >= 11 is 0. The molecule has 0 saturated carbocycles. The lowest BCUT2D eigenvalue weighted by Crippen LogP contribution is -2.32. The molecule has 0 radical (unpaired) electrons. The average molecular weight is 491 g/mol. The Hall–Kier alpha value is -4.20. The first-order chi connectivity index (χ1) is 17.5. The van der Waals surface area contributed by atoms with Crippen LogP contribution >= 0.6 is 0 Å². The first-order valence-electron chi connectivity index (χ1n) is 11.7. The van der Waals surface area contributed by atoms with Crippen LogP contribution in [0, 0.1) is 0 Å². The second-order valence-electron chi connectivity index (χ2n) is 8.25. The van der Waals surface area contributed by atoms with Gasteiger partial charge < -0.3 is 29.2 Å². The molecule has 0 bridgehead atoms. The predicted molar refractivity (Wildman–Crippen MR) is 136 cm³/mol. The molecule has 8 nitrogen and oxygen atoms in total. The van der Waals surface area contributed by atoms with E-state index >= 15 is 0 Å². The molecule has 0 saturated heterocycles. The van der Waals surface area contributed by atoms with Gasteiger partial charge >= 0.3 is 0 Å². The van der Waals surface area contributed by atoms with Gasteiger partial charge in [0.1, 0.15) is 5.75 Å². The van der Waals surface area contributed by atoms with Crippen LogP contribution in [0.4, 0.5) is 5.69 Å². The largest absolute Gasteiger partial charge is 0.493 e. The quantitative estimate of drug-likeness (QED) is 0.438. The normalized spacial score (nSPS) is 13.1. The number of carbonyl (C=O) groups is 2. The Kier molecular flexibility index (Phi) is 7.63. The predicted octanol–water partition coefficient (Wildman–Crippen LogP) is 4.84. The summed E-state index contributed by atoms with van der Waals surface area (Å²) in [6, 6.07) is 17.7. The van der Waals surface area contributed by atoms with E-state index in [0.717, 1.165) is 5.56 Å². The average Bonchev–Trinajstić information content (AvgIpc) is 3.23. The molecule has 1 unspecified atom stereocenters. The van der Waals surface area contributed by atoms with Gasteiger partial charge in [-0.3, -0.25) is 9.59 Å². The summed E-state index contributed by atoms with van der Waals surface area (Å²) in [5.41, 5.74) is 2.82. The first-order valence-corrected chi connectivity index (χ1v) is 11.7. The maximum atomic E-state index is 13.4. The van der Waals surface area contributed by atoms with Crippen LogP contribution in [0.5, 0.6) is 23.0 Å². The lowest BCUT2D eigenvalue weighted by molar-refractivity contribution is -0.117. The van der Waals surface area contributed by atoms with E-state index in [9.17, 15) is 9.59 Å². The second-order valence-corrected chi connectivity index (χ2v) is 8.25. The van der Waals surface area contributed by atoms with Crippen molar-refractivity contribution >= 4 is 17.5 Å². The summed E-state index contributed by atoms with van der Waals surface area (Å²) in [5, 5.41) is 2.95. The van der Waals surface area contributed by atoms with Crippen LogP contribution in [-0.4, -0.2) is 44.7 Å². The third-order valence-corrected chi connectivity index (χ3v) is 6.14. The molecule has 188 valence electrons. The van der Waals surface area contributed by atoms with Crippen LogP contribution in [-0.2, 0) is 11.3 Å². The highest BCUT2D eigenvalue weighted by atomic mass is 16.5. The van der Waals surface area contributed by atoms with Crippen molar-refractivity contribution in [3.63, 3.8) is 0 Å². The summed E-state index contributed by atoms with van der Waals surface area (Å²) in [7, 11) is 4.59. The Morgan fingerprint density at radius 3 is 2.25 bits per heavy atom. The van der Waals surface area contributed by atoms with E-state index in [0.29, 0.717) is 53.0 Å². The van der Waals surface area contributed by atoms with Crippen LogP contribution in [0.2, 0.25) is 0 Å². The van der Waals surface area contributed by atoms with E-state index in [1.165, 1.54) is 21.3 Å². The van der Waals surface area contributed by atoms with Crippen molar-refractivity contribution in [2.75, 3.05) is 33.3 Å². The molecule has 1 heterocycles. The summed E-state index contributed by atoms with van der Waals surface area (Å²) in [4.78, 5) is 28.4. The highest BCUT2D eigenvalue weighted by Gasteiger charge is 2.35. The molecule has 36 heavy (non-hydrogen) atoms. The van der Waals surface area contributed by atoms with E-state index in [4.69, 9.17) is 18.9 Å². The summed E-state index contributed by atoms with van der Waals surface area (Å²) in [6.45, 7) is 2.75. The fraction of sp³-hybridized carbons (Fsp3) is 0.286. The maximum Gasteiger partial charge on any atom is 0.255 e. The third-order valence-electron chi connectivity index (χ3n) is 6.14. The molecule has 0 fully saturated rings. The minimum Gasteiger partial charge on any atom is -0.493 e. The van der Waals surface area contributed by atoms with Crippen molar-refractivity contribution in [1.82, 2.24) is 4.90 Å². The van der Waals surface area contributed by atoms with E-state index in [-0.39, 0.29) is 18.2 Å². The summed E-state index contributed by atoms with van der Waals surface area (Å²) < 4.78 is 22.2. The Morgan fingerprint density at radius 2 is 1.61 bits per heavy atom. The van der Waals surface area contributed by atoms with Gasteiger partial charge in [-0.1, -0.05) is 30.3 Å². The van der Waals surface area contributed by atoms with Gasteiger partial charge in [0.25, 0.3) is 5.91 Å². The molecule has 1 N–H and O–H groups in total. The molecular formula is C28H30N2O6. The van der Waals surface area contributed by atoms with E-state index in [2.05, 4.69) is 5.32 Å². The molecule has 4 rings (SSSR count). The number of rotatable bonds is 10. The standard InChI is InChI=1S/C28H30N2O6/c1-5-36-23-13-9-8-12-21(23)29-26(31)16-22(30-17-18-10-6-7-11-20(18)28(30)32)19-14-24(33-2)27(35-4)25(15-19)34-3/h6-15,22H,5,16-17H2,1-4H3,(H,29,31). The second kappa shape index (κ2) is 11.0. The highest BCUT2D eigenvalue weighted by Crippen LogP contribution is 2.43. The fourth-order valence-corrected chi connectivity index (χ4v) is 4.46. The van der Waals surface area contributed by atoms with E-state index in [1.807, 2.05) is 43.3 Å². The van der Waals surface area contributed by atoms with Crippen LogP contribution in [0.25, 0.3) is 0 Å². The van der Waals surface area contributed by atoms with E-state index in [1.54, 1.807) is 29.2 Å². The minimum atomic E-state index is -0.585. The SMILES string of the molecule is CCOc1ccccc1NC(=O)CC(c1cc(OC)c(OC)c(OC)c1)N1Cc2ccccc2C1=O. The highest BCUT2D eigenvalue weighted by molar-refractivity contribution is 5.99. The zero-order valence-corrected chi connectivity index (χ0v) is 20.9. The van der Waals surface area contributed by atoms with E-state index < -0.39 is 6.04 Å². The number of carbonyl (C=O) groups excluding carboxylic acids is 2.